The highest BCUT2D eigenvalue weighted by Crippen LogP contribution is 2.57. The van der Waals surface area contributed by atoms with E-state index in [-0.39, 0.29) is 63.0 Å². The topological polar surface area (TPSA) is 272 Å². The Bertz CT molecular complexity index is 1560. The molecule has 25 heteroatoms. The summed E-state index contributed by atoms with van der Waals surface area (Å²) in [6.45, 7) is 7.71. The fraction of sp³-hybridized carbons (Fsp3) is 0.821. The number of aliphatic hydroxyl groups excluding tert-OH is 2. The maximum absolute atomic E-state index is 13.8. The van der Waals surface area contributed by atoms with Crippen molar-refractivity contribution in [1.82, 2.24) is 19.5 Å². The molecule has 53 heavy (non-hydrogen) atoms. The highest BCUT2D eigenvalue weighted by molar-refractivity contribution is 7.49. The molecule has 0 aromatic carbocycles. The summed E-state index contributed by atoms with van der Waals surface area (Å²) >= 11 is 0. The summed E-state index contributed by atoms with van der Waals surface area (Å²) in [5.74, 6) is 0.0770. The molecule has 2 aliphatic heterocycles. The van der Waals surface area contributed by atoms with E-state index in [9.17, 15) is 23.9 Å². The van der Waals surface area contributed by atoms with Crippen molar-refractivity contribution in [3.8, 4) is 0 Å². The lowest BCUT2D eigenvalue weighted by Crippen LogP contribution is -2.54. The first-order valence-electron chi connectivity index (χ1n) is 17.2. The minimum atomic E-state index is -4.31. The van der Waals surface area contributed by atoms with E-state index in [2.05, 4.69) is 15.0 Å². The van der Waals surface area contributed by atoms with Crippen molar-refractivity contribution in [3.05, 3.63) is 12.7 Å². The van der Waals surface area contributed by atoms with E-state index in [1.54, 1.807) is 41.5 Å². The predicted octanol–water partition coefficient (Wildman–Crippen LogP) is 3.49. The molecular weight excluding hydrogens is 771 g/mol. The number of imidazole rings is 1. The van der Waals surface area contributed by atoms with Crippen LogP contribution in [0.3, 0.4) is 0 Å². The first kappa shape index (κ1) is 44.2. The minimum Gasteiger partial charge on any atom is -0.394 e. The Morgan fingerprint density at radius 3 is 1.72 bits per heavy atom. The number of phosphoric acid groups is 3. The van der Waals surface area contributed by atoms with Gasteiger partial charge in [-0.15, -0.1) is 0 Å². The second-order valence-corrected chi connectivity index (χ2v) is 16.0. The van der Waals surface area contributed by atoms with E-state index >= 15 is 0 Å². The number of hydrogen-bond donors (Lipinski definition) is 3. The summed E-state index contributed by atoms with van der Waals surface area (Å²) in [5, 5.41) is 21.1. The Morgan fingerprint density at radius 2 is 1.21 bits per heavy atom. The maximum Gasteiger partial charge on any atom is 0.475 e. The Kier molecular flexibility index (Phi) is 16.7. The molecule has 4 heterocycles. The van der Waals surface area contributed by atoms with Crippen LogP contribution in [-0.2, 0) is 68.6 Å². The monoisotopic (exact) mass is 821 g/mol. The van der Waals surface area contributed by atoms with Gasteiger partial charge in [0, 0.05) is 6.42 Å². The normalized spacial score (nSPS) is 27.2. The van der Waals surface area contributed by atoms with Crippen LogP contribution < -0.4 is 5.73 Å². The number of phosphoric ester groups is 3. The van der Waals surface area contributed by atoms with Gasteiger partial charge in [-0.05, 0) is 41.5 Å². The predicted molar refractivity (Wildman–Crippen MR) is 183 cm³/mol. The van der Waals surface area contributed by atoms with Crippen molar-refractivity contribution < 1.29 is 78.8 Å². The molecule has 0 radical (unpaired) electrons. The number of nitrogens with zero attached hydrogens (tertiary/aromatic N) is 4. The van der Waals surface area contributed by atoms with Crippen LogP contribution in [-0.4, -0.2) is 126 Å². The smallest absolute Gasteiger partial charge is 0.394 e. The SMILES string of the molecule is CCOP(=O)(OCC)O[C@@H]1[C@@H](CO)O[C@H](OC2[C@@H](OP(=O)(OCC)OCC)[C@H](n3cnc4c(N)ncnc43)O[C@@H]2CO)C[C@H]1OP(=O)(OCC)OCC. The highest BCUT2D eigenvalue weighted by atomic mass is 31.2. The van der Waals surface area contributed by atoms with E-state index in [0.717, 1.165) is 0 Å². The van der Waals surface area contributed by atoms with E-state index < -0.39 is 85.8 Å². The third-order valence-electron chi connectivity index (χ3n) is 7.59. The van der Waals surface area contributed by atoms with Gasteiger partial charge in [-0.3, -0.25) is 45.3 Å². The van der Waals surface area contributed by atoms with E-state index in [4.69, 9.17) is 60.7 Å². The molecule has 2 aromatic rings. The summed E-state index contributed by atoms with van der Waals surface area (Å²) in [7, 11) is -12.9. The average Bonchev–Trinajstić information content (AvgIpc) is 3.68. The van der Waals surface area contributed by atoms with E-state index in [1.165, 1.54) is 17.2 Å². The lowest BCUT2D eigenvalue weighted by atomic mass is 10.0. The molecule has 2 saturated heterocycles. The van der Waals surface area contributed by atoms with Crippen molar-refractivity contribution in [1.29, 1.82) is 0 Å². The van der Waals surface area contributed by atoms with Gasteiger partial charge >= 0.3 is 23.5 Å². The molecule has 22 nitrogen and oxygen atoms in total. The van der Waals surface area contributed by atoms with Gasteiger partial charge in [0.05, 0.1) is 59.2 Å². The number of nitrogens with two attached hydrogens (primary N) is 1. The Balaban J connectivity index is 1.75. The average molecular weight is 822 g/mol. The fourth-order valence-corrected chi connectivity index (χ4v) is 9.77. The number of fused-ring (bicyclic) bond motifs is 1. The molecule has 0 spiro atoms. The molecule has 2 aliphatic rings. The molecular formula is C28H50N5O17P3. The Morgan fingerprint density at radius 1 is 0.717 bits per heavy atom. The van der Waals surface area contributed by atoms with Gasteiger partial charge in [0.25, 0.3) is 0 Å². The van der Waals surface area contributed by atoms with Crippen LogP contribution in [0, 0.1) is 0 Å². The zero-order valence-electron chi connectivity index (χ0n) is 30.4. The van der Waals surface area contributed by atoms with Crippen LogP contribution >= 0.6 is 23.5 Å². The van der Waals surface area contributed by atoms with Gasteiger partial charge in [-0.1, -0.05) is 0 Å². The first-order valence-corrected chi connectivity index (χ1v) is 21.6. The fourth-order valence-electron chi connectivity index (χ4n) is 5.66. The number of nitrogen functional groups attached to an aromatic ring is 1. The van der Waals surface area contributed by atoms with Crippen molar-refractivity contribution in [2.45, 2.75) is 97.1 Å². The third-order valence-corrected chi connectivity index (χ3v) is 12.6. The largest absolute Gasteiger partial charge is 0.475 e. The number of aromatic nitrogens is 4. The van der Waals surface area contributed by atoms with Gasteiger partial charge in [0.1, 0.15) is 48.5 Å². The van der Waals surface area contributed by atoms with Crippen molar-refractivity contribution in [3.63, 3.8) is 0 Å². The maximum atomic E-state index is 13.8. The van der Waals surface area contributed by atoms with Gasteiger partial charge < -0.3 is 30.2 Å². The van der Waals surface area contributed by atoms with Crippen molar-refractivity contribution >= 4 is 40.4 Å². The zero-order chi connectivity index (χ0) is 38.8. The van der Waals surface area contributed by atoms with Crippen molar-refractivity contribution in [2.75, 3.05) is 58.6 Å². The summed E-state index contributed by atoms with van der Waals surface area (Å²) in [6, 6.07) is 0. The summed E-state index contributed by atoms with van der Waals surface area (Å²) < 4.78 is 111. The number of ether oxygens (including phenoxy) is 3. The number of hydrogen-bond acceptors (Lipinski definition) is 21. The van der Waals surface area contributed by atoms with Crippen LogP contribution in [0.5, 0.6) is 0 Å². The lowest BCUT2D eigenvalue weighted by Gasteiger charge is -2.42. The second-order valence-electron chi connectivity index (χ2n) is 11.1. The van der Waals surface area contributed by atoms with Gasteiger partial charge in [0.15, 0.2) is 24.0 Å². The third kappa shape index (κ3) is 10.9. The quantitative estimate of drug-likeness (QED) is 0.135. The molecule has 0 bridgehead atoms. The Hall–Kier alpha value is -1.52. The summed E-state index contributed by atoms with van der Waals surface area (Å²) in [4.78, 5) is 12.5. The van der Waals surface area contributed by atoms with Crippen LogP contribution in [0.1, 0.15) is 54.2 Å². The summed E-state index contributed by atoms with van der Waals surface area (Å²) in [6.07, 6.45) is -8.45. The van der Waals surface area contributed by atoms with Crippen LogP contribution in [0.4, 0.5) is 5.82 Å². The molecule has 0 amide bonds. The lowest BCUT2D eigenvalue weighted by molar-refractivity contribution is -0.274. The molecule has 2 aromatic heterocycles. The minimum absolute atomic E-state index is 0.0559. The molecule has 304 valence electrons. The zero-order valence-corrected chi connectivity index (χ0v) is 33.0. The Labute approximate surface area is 307 Å². The molecule has 4 rings (SSSR count). The number of rotatable bonds is 23. The molecule has 1 unspecified atom stereocenters. The highest BCUT2D eigenvalue weighted by Gasteiger charge is 2.54. The summed E-state index contributed by atoms with van der Waals surface area (Å²) in [5.41, 5.74) is 6.46. The molecule has 2 fully saturated rings. The second kappa shape index (κ2) is 20.1. The van der Waals surface area contributed by atoms with Crippen molar-refractivity contribution in [2.24, 2.45) is 0 Å². The molecule has 0 aliphatic carbocycles. The van der Waals surface area contributed by atoms with Crippen LogP contribution in [0.15, 0.2) is 12.7 Å². The standard InChI is InChI=1S/C28H50N5O17P3/c1-7-39-51(36,40-8-2)48-18-13-21(45-19(14-34)23(18)49-52(37,41-9-3)42-10-4)47-24-20(15-35)46-28(25(24)50-53(38,43-11-5)44-12-6)33-17-32-22-26(29)30-16-31-27(22)33/h16-21,23-25,28,34-35H,7-15H2,1-6H3,(H2,29,30,31)/t18-,19-,20-,21-,23+,24?,25-,28-/m1/s1. The molecule has 4 N–H and O–H groups in total. The van der Waals surface area contributed by atoms with Gasteiger partial charge in [-0.2, -0.15) is 0 Å². The first-order chi connectivity index (χ1) is 25.4. The molecule has 8 atom stereocenters. The van der Waals surface area contributed by atoms with Crippen LogP contribution in [0.25, 0.3) is 11.2 Å². The van der Waals surface area contributed by atoms with Gasteiger partial charge in [-0.25, -0.2) is 28.6 Å². The number of aliphatic hydroxyl groups is 2. The van der Waals surface area contributed by atoms with Crippen LogP contribution in [0.2, 0.25) is 0 Å². The molecule has 0 saturated carbocycles. The van der Waals surface area contributed by atoms with E-state index in [0.29, 0.717) is 0 Å². The van der Waals surface area contributed by atoms with Gasteiger partial charge in [0.2, 0.25) is 0 Å². The number of anilines is 1. The van der Waals surface area contributed by atoms with E-state index in [1.807, 2.05) is 0 Å².